The van der Waals surface area contributed by atoms with Gasteiger partial charge < -0.3 is 9.30 Å². The molecule has 4 nitrogen and oxygen atoms in total. The Bertz CT molecular complexity index is 623. The van der Waals surface area contributed by atoms with E-state index < -0.39 is 0 Å². The van der Waals surface area contributed by atoms with Crippen molar-refractivity contribution < 1.29 is 4.74 Å². The van der Waals surface area contributed by atoms with Crippen LogP contribution in [0.1, 0.15) is 31.2 Å². The predicted molar refractivity (Wildman–Crippen MR) is 92.5 cm³/mol. The van der Waals surface area contributed by atoms with E-state index in [1.807, 2.05) is 24.7 Å². The maximum Gasteiger partial charge on any atom is 0.0952 e. The zero-order valence-corrected chi connectivity index (χ0v) is 14.5. The van der Waals surface area contributed by atoms with Gasteiger partial charge in [0, 0.05) is 37.4 Å². The lowest BCUT2D eigenvalue weighted by atomic mass is 10.1. The summed E-state index contributed by atoms with van der Waals surface area (Å²) in [5.74, 6) is 0.620. The molecule has 1 saturated heterocycles. The minimum Gasteiger partial charge on any atom is -0.371 e. The zero-order valence-electron chi connectivity index (χ0n) is 13.8. The number of imidazole rings is 1. The summed E-state index contributed by atoms with van der Waals surface area (Å²) in [6.45, 7) is 9.00. The maximum absolute atomic E-state index is 5.97. The Kier molecular flexibility index (Phi) is 5.36. The molecule has 1 atom stereocenters. The van der Waals surface area contributed by atoms with E-state index in [2.05, 4.69) is 40.4 Å². The van der Waals surface area contributed by atoms with E-state index in [-0.39, 0.29) is 6.10 Å². The van der Waals surface area contributed by atoms with Crippen molar-refractivity contribution in [3.05, 3.63) is 53.1 Å². The van der Waals surface area contributed by atoms with Crippen LogP contribution in [0.3, 0.4) is 0 Å². The number of hydrogen-bond donors (Lipinski definition) is 0. The first-order valence-corrected chi connectivity index (χ1v) is 8.58. The fourth-order valence-electron chi connectivity index (χ4n) is 2.99. The number of rotatable bonds is 5. The molecule has 0 N–H and O–H groups in total. The number of benzene rings is 1. The molecule has 1 unspecified atom stereocenters. The lowest BCUT2D eigenvalue weighted by Gasteiger charge is -2.33. The molecule has 2 heterocycles. The molecule has 5 heteroatoms. The molecule has 1 aliphatic heterocycles. The van der Waals surface area contributed by atoms with Crippen LogP contribution < -0.4 is 0 Å². The van der Waals surface area contributed by atoms with Gasteiger partial charge in [0.05, 0.1) is 24.7 Å². The van der Waals surface area contributed by atoms with Crippen LogP contribution in [0.15, 0.2) is 36.8 Å². The minimum absolute atomic E-state index is 0.113. The number of morpholine rings is 1. The summed E-state index contributed by atoms with van der Waals surface area (Å²) in [4.78, 5) is 6.76. The van der Waals surface area contributed by atoms with Gasteiger partial charge in [-0.15, -0.1) is 0 Å². The Hall–Kier alpha value is -1.36. The molecular weight excluding hydrogens is 310 g/mol. The molecule has 1 aliphatic rings. The van der Waals surface area contributed by atoms with Crippen LogP contribution >= 0.6 is 11.6 Å². The third-order valence-corrected chi connectivity index (χ3v) is 4.39. The topological polar surface area (TPSA) is 30.3 Å². The van der Waals surface area contributed by atoms with Crippen molar-refractivity contribution in [3.63, 3.8) is 0 Å². The molecule has 0 radical (unpaired) electrons. The van der Waals surface area contributed by atoms with Gasteiger partial charge in [0.15, 0.2) is 0 Å². The molecule has 1 fully saturated rings. The van der Waals surface area contributed by atoms with Gasteiger partial charge in [-0.1, -0.05) is 37.6 Å². The molecule has 124 valence electrons. The van der Waals surface area contributed by atoms with Crippen LogP contribution in [-0.2, 0) is 17.8 Å². The van der Waals surface area contributed by atoms with Crippen molar-refractivity contribution in [1.82, 2.24) is 14.5 Å². The third kappa shape index (κ3) is 4.34. The van der Waals surface area contributed by atoms with Gasteiger partial charge in [0.1, 0.15) is 0 Å². The lowest BCUT2D eigenvalue weighted by molar-refractivity contribution is -0.0336. The van der Waals surface area contributed by atoms with Gasteiger partial charge in [-0.2, -0.15) is 0 Å². The predicted octanol–water partition coefficient (Wildman–Crippen LogP) is 3.77. The van der Waals surface area contributed by atoms with Gasteiger partial charge in [0.25, 0.3) is 0 Å². The van der Waals surface area contributed by atoms with Gasteiger partial charge in [-0.3, -0.25) is 4.90 Å². The summed E-state index contributed by atoms with van der Waals surface area (Å²) < 4.78 is 8.20. The minimum atomic E-state index is 0.113. The monoisotopic (exact) mass is 333 g/mol. The summed E-state index contributed by atoms with van der Waals surface area (Å²) >= 11 is 5.97. The highest BCUT2D eigenvalue weighted by Crippen LogP contribution is 2.24. The van der Waals surface area contributed by atoms with E-state index in [1.165, 1.54) is 11.3 Å². The summed E-state index contributed by atoms with van der Waals surface area (Å²) in [5.41, 5.74) is 2.46. The Morgan fingerprint density at radius 3 is 2.83 bits per heavy atom. The summed E-state index contributed by atoms with van der Waals surface area (Å²) in [7, 11) is 0. The number of aromatic nitrogens is 2. The van der Waals surface area contributed by atoms with Crippen LogP contribution in [0.25, 0.3) is 0 Å². The smallest absolute Gasteiger partial charge is 0.0952 e. The van der Waals surface area contributed by atoms with Gasteiger partial charge in [-0.25, -0.2) is 4.98 Å². The number of hydrogen-bond acceptors (Lipinski definition) is 3. The number of halogens is 1. The Morgan fingerprint density at radius 2 is 2.09 bits per heavy atom. The molecule has 3 rings (SSSR count). The van der Waals surface area contributed by atoms with Crippen molar-refractivity contribution in [3.8, 4) is 0 Å². The fourth-order valence-corrected chi connectivity index (χ4v) is 3.12. The van der Waals surface area contributed by atoms with Crippen molar-refractivity contribution in [2.24, 2.45) is 5.92 Å². The normalized spacial score (nSPS) is 19.4. The summed E-state index contributed by atoms with van der Waals surface area (Å²) in [5, 5.41) is 0.763. The quantitative estimate of drug-likeness (QED) is 0.834. The first kappa shape index (κ1) is 16.5. The Labute approximate surface area is 143 Å². The van der Waals surface area contributed by atoms with Gasteiger partial charge in [-0.05, 0) is 23.6 Å². The van der Waals surface area contributed by atoms with Crippen LogP contribution in [0.2, 0.25) is 5.02 Å². The van der Waals surface area contributed by atoms with Crippen molar-refractivity contribution in [2.75, 3.05) is 19.7 Å². The number of nitrogens with zero attached hydrogens (tertiary/aromatic N) is 3. The maximum atomic E-state index is 5.97. The first-order valence-electron chi connectivity index (χ1n) is 8.20. The second-order valence-corrected chi connectivity index (χ2v) is 7.01. The van der Waals surface area contributed by atoms with Gasteiger partial charge >= 0.3 is 0 Å². The highest BCUT2D eigenvalue weighted by atomic mass is 35.5. The first-order chi connectivity index (χ1) is 11.1. The zero-order chi connectivity index (χ0) is 16.2. The van der Waals surface area contributed by atoms with E-state index >= 15 is 0 Å². The fraction of sp³-hybridized carbons (Fsp3) is 0.500. The molecule has 1 aromatic heterocycles. The van der Waals surface area contributed by atoms with E-state index in [1.54, 1.807) is 0 Å². The molecule has 0 spiro atoms. The SMILES string of the molecule is CC(C)Cn1cncc1CN1CCOC(c2ccc(Cl)cc2)C1. The second-order valence-electron chi connectivity index (χ2n) is 6.58. The van der Waals surface area contributed by atoms with Crippen molar-refractivity contribution >= 4 is 11.6 Å². The van der Waals surface area contributed by atoms with E-state index in [4.69, 9.17) is 16.3 Å². The van der Waals surface area contributed by atoms with Crippen LogP contribution in [-0.4, -0.2) is 34.1 Å². The molecule has 0 bridgehead atoms. The molecule has 23 heavy (non-hydrogen) atoms. The van der Waals surface area contributed by atoms with Gasteiger partial charge in [0.2, 0.25) is 0 Å². The summed E-state index contributed by atoms with van der Waals surface area (Å²) in [6.07, 6.45) is 4.03. The summed E-state index contributed by atoms with van der Waals surface area (Å²) in [6, 6.07) is 7.97. The van der Waals surface area contributed by atoms with Crippen molar-refractivity contribution in [2.45, 2.75) is 33.0 Å². The van der Waals surface area contributed by atoms with Crippen LogP contribution in [0, 0.1) is 5.92 Å². The average molecular weight is 334 g/mol. The molecule has 1 aromatic carbocycles. The average Bonchev–Trinajstić information content (AvgIpc) is 2.94. The third-order valence-electron chi connectivity index (χ3n) is 4.14. The molecule has 0 aliphatic carbocycles. The standard InChI is InChI=1S/C18H24ClN3O/c1-14(2)10-22-13-20-9-17(22)11-21-7-8-23-18(12-21)15-3-5-16(19)6-4-15/h3-6,9,13-14,18H,7-8,10-12H2,1-2H3. The molecular formula is C18H24ClN3O. The van der Waals surface area contributed by atoms with Crippen LogP contribution in [0.4, 0.5) is 0 Å². The lowest BCUT2D eigenvalue weighted by Crippen LogP contribution is -2.38. The molecule has 0 saturated carbocycles. The highest BCUT2D eigenvalue weighted by molar-refractivity contribution is 6.30. The second kappa shape index (κ2) is 7.47. The van der Waals surface area contributed by atoms with E-state index in [0.717, 1.165) is 37.8 Å². The van der Waals surface area contributed by atoms with Crippen LogP contribution in [0.5, 0.6) is 0 Å². The number of ether oxygens (including phenoxy) is 1. The molecule has 0 amide bonds. The van der Waals surface area contributed by atoms with E-state index in [0.29, 0.717) is 5.92 Å². The Morgan fingerprint density at radius 1 is 1.30 bits per heavy atom. The Balaban J connectivity index is 1.65. The van der Waals surface area contributed by atoms with Crippen molar-refractivity contribution in [1.29, 1.82) is 0 Å². The highest BCUT2D eigenvalue weighted by Gasteiger charge is 2.22. The largest absolute Gasteiger partial charge is 0.371 e. The van der Waals surface area contributed by atoms with E-state index in [9.17, 15) is 0 Å². The molecule has 2 aromatic rings.